The van der Waals surface area contributed by atoms with Crippen LogP contribution >= 0.6 is 0 Å². The number of rotatable bonds is 14. The maximum absolute atomic E-state index is 13.4. The normalized spacial score (nSPS) is 24.4. The van der Waals surface area contributed by atoms with E-state index in [0.29, 0.717) is 58.2 Å². The van der Waals surface area contributed by atoms with Gasteiger partial charge in [-0.2, -0.15) is 0 Å². The lowest BCUT2D eigenvalue weighted by atomic mass is 9.78. The van der Waals surface area contributed by atoms with E-state index in [1.54, 1.807) is 45.2 Å². The van der Waals surface area contributed by atoms with Crippen LogP contribution in [0.2, 0.25) is 0 Å². The smallest absolute Gasteiger partial charge is 0.407 e. The molecule has 4 heterocycles. The quantitative estimate of drug-likeness (QED) is 0.0707. The minimum Gasteiger partial charge on any atom is -0.506 e. The number of benzene rings is 5. The number of hydrogen-bond acceptors (Lipinski definition) is 14. The van der Waals surface area contributed by atoms with Gasteiger partial charge in [0, 0.05) is 41.6 Å². The average molecular weight is 997 g/mol. The van der Waals surface area contributed by atoms with Crippen LogP contribution in [0.4, 0.5) is 15.3 Å². The zero-order valence-electron chi connectivity index (χ0n) is 41.2. The van der Waals surface area contributed by atoms with E-state index in [1.165, 1.54) is 14.0 Å². The molecule has 3 fully saturated rings. The molecule has 4 amide bonds. The van der Waals surface area contributed by atoms with Crippen LogP contribution in [0.25, 0.3) is 21.9 Å². The molecule has 18 heteroatoms. The molecule has 73 heavy (non-hydrogen) atoms. The molecule has 1 unspecified atom stereocenters. The molecule has 2 bridgehead atoms. The zero-order chi connectivity index (χ0) is 51.1. The summed E-state index contributed by atoms with van der Waals surface area (Å²) in [6.45, 7) is 6.89. The van der Waals surface area contributed by atoms with Gasteiger partial charge in [-0.1, -0.05) is 74.5 Å². The second-order valence-corrected chi connectivity index (χ2v) is 19.8. The van der Waals surface area contributed by atoms with Crippen LogP contribution in [0.3, 0.4) is 0 Å². The van der Waals surface area contributed by atoms with Crippen molar-refractivity contribution in [1.82, 2.24) is 16.0 Å². The van der Waals surface area contributed by atoms with Crippen molar-refractivity contribution in [3.63, 3.8) is 0 Å². The van der Waals surface area contributed by atoms with E-state index in [4.69, 9.17) is 37.9 Å². The van der Waals surface area contributed by atoms with Gasteiger partial charge >= 0.3 is 12.2 Å². The number of epoxide rings is 1. The summed E-state index contributed by atoms with van der Waals surface area (Å²) in [7, 11) is 3.02. The van der Waals surface area contributed by atoms with Crippen LogP contribution in [0.15, 0.2) is 78.9 Å². The molecular formula is C55H56N4O14. The fourth-order valence-corrected chi connectivity index (χ4v) is 11.6. The van der Waals surface area contributed by atoms with Crippen molar-refractivity contribution >= 4 is 46.2 Å². The number of ketones is 1. The number of hydrogen-bond donors (Lipinski definition) is 5. The summed E-state index contributed by atoms with van der Waals surface area (Å²) >= 11 is 0. The number of aryl methyl sites for hydroxylation is 1. The number of nitrogens with one attached hydrogen (secondary N) is 4. The summed E-state index contributed by atoms with van der Waals surface area (Å²) in [6, 6.07) is 22.6. The highest BCUT2D eigenvalue weighted by Gasteiger charge is 2.91. The highest BCUT2D eigenvalue weighted by atomic mass is 16.9. The number of fused-ring (bicyclic) bond motifs is 11. The molecule has 1 spiro atoms. The molecule has 5 N–H and O–H groups in total. The monoisotopic (exact) mass is 996 g/mol. The van der Waals surface area contributed by atoms with Crippen molar-refractivity contribution in [2.24, 2.45) is 5.92 Å². The Labute approximate surface area is 420 Å². The summed E-state index contributed by atoms with van der Waals surface area (Å²) < 4.78 is 49.6. The van der Waals surface area contributed by atoms with Crippen molar-refractivity contribution in [3.8, 4) is 28.4 Å². The summed E-state index contributed by atoms with van der Waals surface area (Å²) in [5.41, 5.74) is 6.33. The van der Waals surface area contributed by atoms with Gasteiger partial charge in [-0.25, -0.2) is 9.59 Å². The number of carbonyl (C=O) groups excluding carboxylic acids is 5. The van der Waals surface area contributed by atoms with E-state index in [-0.39, 0.29) is 61.0 Å². The van der Waals surface area contributed by atoms with Gasteiger partial charge in [0.25, 0.3) is 5.79 Å². The van der Waals surface area contributed by atoms with E-state index in [1.807, 2.05) is 49.4 Å². The van der Waals surface area contributed by atoms with Crippen molar-refractivity contribution < 1.29 is 67.0 Å². The Balaban J connectivity index is 0.686. The van der Waals surface area contributed by atoms with Crippen molar-refractivity contribution in [1.29, 1.82) is 0 Å². The maximum atomic E-state index is 13.4. The Morgan fingerprint density at radius 3 is 2.22 bits per heavy atom. The van der Waals surface area contributed by atoms with Crippen molar-refractivity contribution in [3.05, 3.63) is 118 Å². The summed E-state index contributed by atoms with van der Waals surface area (Å²) in [5, 5.41) is 23.6. The van der Waals surface area contributed by atoms with Gasteiger partial charge in [0.15, 0.2) is 11.9 Å². The maximum Gasteiger partial charge on any atom is 0.407 e. The van der Waals surface area contributed by atoms with E-state index in [0.717, 1.165) is 27.8 Å². The number of phenols is 1. The fourth-order valence-electron chi connectivity index (χ4n) is 11.6. The van der Waals surface area contributed by atoms with Crippen LogP contribution in [0.1, 0.15) is 89.4 Å². The number of phenolic OH excluding ortho intramolecular Hbond substituents is 1. The van der Waals surface area contributed by atoms with Crippen molar-refractivity contribution in [2.45, 2.75) is 101 Å². The molecule has 0 aromatic heterocycles. The number of Topliss-reactive ketones (excluding diaryl/α,β-unsaturated/α-hetero) is 1. The second kappa shape index (κ2) is 18.0. The molecule has 2 aliphatic carbocycles. The molecule has 18 nitrogen and oxygen atoms in total. The Bertz CT molecular complexity index is 3070. The lowest BCUT2D eigenvalue weighted by Crippen LogP contribution is -2.69. The minimum absolute atomic E-state index is 0.0890. The molecule has 5 aromatic rings. The first-order valence-corrected chi connectivity index (χ1v) is 24.5. The lowest BCUT2D eigenvalue weighted by Gasteiger charge is -2.48. The molecule has 4 aliphatic heterocycles. The lowest BCUT2D eigenvalue weighted by molar-refractivity contribution is -0.287. The Morgan fingerprint density at radius 2 is 1.56 bits per heavy atom. The van der Waals surface area contributed by atoms with Crippen molar-refractivity contribution in [2.75, 3.05) is 39.3 Å². The highest BCUT2D eigenvalue weighted by molar-refractivity contribution is 6.11. The number of amides is 4. The minimum atomic E-state index is -1.56. The zero-order valence-corrected chi connectivity index (χ0v) is 41.2. The Hall–Kier alpha value is -7.25. The topological polar surface area (TPSA) is 231 Å². The molecule has 0 radical (unpaired) electrons. The number of alkyl carbamates (subject to hydrolysis) is 2. The predicted molar refractivity (Wildman–Crippen MR) is 262 cm³/mol. The largest absolute Gasteiger partial charge is 0.506 e. The molecular weight excluding hydrogens is 941 g/mol. The first-order valence-electron chi connectivity index (χ1n) is 24.5. The molecule has 0 saturated carbocycles. The molecule has 5 aromatic carbocycles. The third kappa shape index (κ3) is 7.55. The van der Waals surface area contributed by atoms with Gasteiger partial charge in [0.1, 0.15) is 48.6 Å². The SMILES string of the molecule is COc1c2c(c(O)c3c4c(c(C)cc13)[C@H]1O[C@]3(CNC(=O)OCc5ccc(NC(=O)[C@H](C)NC(=O)[C@@H](NC(=O)OCC6c7ccccc7-c7ccccc76)C(C)C)cc5)O[C@@H]1C(OC)(O4)[C@@]31CO1)C(=O)CCC2. The molecule has 380 valence electrons. The van der Waals surface area contributed by atoms with Crippen LogP contribution in [-0.2, 0) is 51.0 Å². The van der Waals surface area contributed by atoms with Gasteiger partial charge in [-0.15, -0.1) is 0 Å². The van der Waals surface area contributed by atoms with Gasteiger partial charge in [-0.05, 0) is 84.2 Å². The number of aromatic hydroxyl groups is 1. The number of anilines is 1. The summed E-state index contributed by atoms with van der Waals surface area (Å²) in [6.07, 6.45) is -1.59. The van der Waals surface area contributed by atoms with Crippen LogP contribution in [0.5, 0.6) is 17.2 Å². The third-order valence-electron chi connectivity index (χ3n) is 15.2. The van der Waals surface area contributed by atoms with E-state index in [2.05, 4.69) is 33.4 Å². The average Bonchev–Trinajstić information content (AvgIpc) is 3.95. The molecule has 7 atom stereocenters. The molecule has 3 saturated heterocycles. The summed E-state index contributed by atoms with van der Waals surface area (Å²) in [4.78, 5) is 66.2. The van der Waals surface area contributed by atoms with Crippen LogP contribution < -0.4 is 30.7 Å². The van der Waals surface area contributed by atoms with Crippen LogP contribution in [-0.4, -0.2) is 104 Å². The third-order valence-corrected chi connectivity index (χ3v) is 15.2. The van der Waals surface area contributed by atoms with Gasteiger partial charge in [-0.3, -0.25) is 14.4 Å². The first-order chi connectivity index (χ1) is 35.1. The van der Waals surface area contributed by atoms with Crippen LogP contribution in [0, 0.1) is 12.8 Å². The number of ether oxygens (including phenoxy) is 8. The molecule has 6 aliphatic rings. The van der Waals surface area contributed by atoms with E-state index >= 15 is 0 Å². The summed E-state index contributed by atoms with van der Waals surface area (Å²) in [5.74, 6) is -4.19. The second-order valence-electron chi connectivity index (χ2n) is 19.8. The Morgan fingerprint density at radius 1 is 0.863 bits per heavy atom. The standard InChI is InChI=1S/C55H56N4O14/c1-27(2)43(59-52(65)69-24-38-34-14-9-7-12-32(34)33-13-8-10-15-35(33)38)50(63)57-29(4)49(62)58-31-20-18-30(19-21-31)23-68-51(64)56-25-54-53(26-70-53)55(67-6)48(73-54)47(71-54)40-28(3)22-37-42(46(40)72-55)44(61)41-36(45(37)66-5)16-11-17-39(41)60/h7-10,12-15,18-22,27,29,38,43,47-48,61H,11,16-17,23-26H2,1-6H3,(H,56,64)(H,57,63)(H,58,62)(H,59,65)/t29-,43-,47+,48-,53+,54+,55?/m0/s1. The number of carbonyl (C=O) groups is 5. The molecule has 11 rings (SSSR count). The first kappa shape index (κ1) is 48.0. The highest BCUT2D eigenvalue weighted by Crippen LogP contribution is 2.71. The van der Waals surface area contributed by atoms with Gasteiger partial charge < -0.3 is 64.3 Å². The van der Waals surface area contributed by atoms with E-state index < -0.39 is 65.5 Å². The Kier molecular flexibility index (Phi) is 11.9. The van der Waals surface area contributed by atoms with Gasteiger partial charge in [0.05, 0.1) is 31.2 Å². The number of methoxy groups -OCH3 is 2. The van der Waals surface area contributed by atoms with Gasteiger partial charge in [0.2, 0.25) is 23.2 Å². The fraction of sp³-hybridized carbons (Fsp3) is 0.400. The predicted octanol–water partition coefficient (Wildman–Crippen LogP) is 6.98. The van der Waals surface area contributed by atoms with E-state index in [9.17, 15) is 29.1 Å².